The molecule has 0 radical (unpaired) electrons. The highest BCUT2D eigenvalue weighted by molar-refractivity contribution is 5.83. The molecule has 4 nitrogen and oxygen atoms in total. The van der Waals surface area contributed by atoms with Crippen LogP contribution in [-0.2, 0) is 16.1 Å². The normalized spacial score (nSPS) is 25.8. The number of carbonyl (C=O) groups is 2. The molecule has 0 aromatic heterocycles. The second-order valence-corrected chi connectivity index (χ2v) is 6.81. The van der Waals surface area contributed by atoms with E-state index >= 15 is 0 Å². The lowest BCUT2D eigenvalue weighted by Gasteiger charge is -2.47. The summed E-state index contributed by atoms with van der Waals surface area (Å²) in [5.74, 6) is 0.329. The summed E-state index contributed by atoms with van der Waals surface area (Å²) in [5, 5.41) is 0. The van der Waals surface area contributed by atoms with Crippen LogP contribution in [0.25, 0.3) is 0 Å². The minimum absolute atomic E-state index is 0.0662. The van der Waals surface area contributed by atoms with E-state index in [1.165, 1.54) is 0 Å². The second kappa shape index (κ2) is 7.65. The van der Waals surface area contributed by atoms with Gasteiger partial charge in [0, 0.05) is 24.4 Å². The van der Waals surface area contributed by atoms with Crippen LogP contribution in [0.5, 0.6) is 0 Å². The number of amides is 1. The summed E-state index contributed by atoms with van der Waals surface area (Å²) >= 11 is 0. The first kappa shape index (κ1) is 16.7. The summed E-state index contributed by atoms with van der Waals surface area (Å²) in [4.78, 5) is 26.7. The zero-order valence-corrected chi connectivity index (χ0v) is 14.0. The highest BCUT2D eigenvalue weighted by Gasteiger charge is 2.43. The number of fused-ring (bicyclic) bond motifs is 2. The lowest BCUT2D eigenvalue weighted by molar-refractivity contribution is -0.125. The predicted octanol–water partition coefficient (Wildman–Crippen LogP) is 4.10. The first-order valence-electron chi connectivity index (χ1n) is 8.81. The van der Waals surface area contributed by atoms with Gasteiger partial charge in [-0.25, -0.2) is 4.79 Å². The van der Waals surface area contributed by atoms with Gasteiger partial charge in [0.2, 0.25) is 0 Å². The number of allylic oxidation sites excluding steroid dienone is 1. The fourth-order valence-corrected chi connectivity index (χ4v) is 4.05. The number of nitrogens with zero attached hydrogens (tertiary/aromatic N) is 1. The molecule has 0 aliphatic carbocycles. The number of rotatable bonds is 5. The molecule has 1 aromatic carbocycles. The SMILES string of the molecule is C=CCC(=O)C1CC2CCCC(C1)N2C(=O)OCc1ccccc1. The number of hydrogen-bond donors (Lipinski definition) is 0. The van der Waals surface area contributed by atoms with Crippen LogP contribution in [0.1, 0.15) is 44.1 Å². The van der Waals surface area contributed by atoms with E-state index in [9.17, 15) is 9.59 Å². The molecule has 128 valence electrons. The van der Waals surface area contributed by atoms with Crippen molar-refractivity contribution in [3.63, 3.8) is 0 Å². The fraction of sp³-hybridized carbons (Fsp3) is 0.500. The molecule has 24 heavy (non-hydrogen) atoms. The number of Topliss-reactive ketones (excluding diaryl/α,β-unsaturated/α-hetero) is 1. The van der Waals surface area contributed by atoms with Crippen LogP contribution in [0.15, 0.2) is 43.0 Å². The number of ketones is 1. The Morgan fingerprint density at radius 3 is 2.46 bits per heavy atom. The molecule has 1 amide bonds. The zero-order chi connectivity index (χ0) is 16.9. The average molecular weight is 327 g/mol. The molecule has 2 bridgehead atoms. The van der Waals surface area contributed by atoms with Crippen molar-refractivity contribution >= 4 is 11.9 Å². The van der Waals surface area contributed by atoms with Gasteiger partial charge < -0.3 is 9.64 Å². The third-order valence-corrected chi connectivity index (χ3v) is 5.19. The van der Waals surface area contributed by atoms with E-state index in [-0.39, 0.29) is 29.9 Å². The molecule has 2 aliphatic heterocycles. The van der Waals surface area contributed by atoms with Crippen molar-refractivity contribution in [2.45, 2.75) is 57.2 Å². The van der Waals surface area contributed by atoms with Crippen LogP contribution >= 0.6 is 0 Å². The minimum atomic E-state index is -0.233. The molecule has 2 fully saturated rings. The van der Waals surface area contributed by atoms with Gasteiger partial charge in [0.1, 0.15) is 12.4 Å². The van der Waals surface area contributed by atoms with Gasteiger partial charge >= 0.3 is 6.09 Å². The van der Waals surface area contributed by atoms with E-state index in [4.69, 9.17) is 4.74 Å². The average Bonchev–Trinajstić information content (AvgIpc) is 2.59. The van der Waals surface area contributed by atoms with Gasteiger partial charge in [-0.1, -0.05) is 36.4 Å². The van der Waals surface area contributed by atoms with Crippen LogP contribution in [0, 0.1) is 5.92 Å². The Balaban J connectivity index is 1.62. The quantitative estimate of drug-likeness (QED) is 0.765. The standard InChI is InChI=1S/C20H25NO3/c1-2-7-19(22)16-12-17-10-6-11-18(13-16)21(17)20(23)24-14-15-8-4-3-5-9-15/h2-5,8-9,16-18H,1,6-7,10-14H2. The second-order valence-electron chi connectivity index (χ2n) is 6.81. The maximum atomic E-state index is 12.6. The van der Waals surface area contributed by atoms with Crippen LogP contribution in [0.4, 0.5) is 4.79 Å². The van der Waals surface area contributed by atoms with Gasteiger partial charge in [-0.3, -0.25) is 4.79 Å². The lowest BCUT2D eigenvalue weighted by Crippen LogP contribution is -2.55. The monoisotopic (exact) mass is 327 g/mol. The summed E-state index contributed by atoms with van der Waals surface area (Å²) in [6, 6.07) is 10.0. The van der Waals surface area contributed by atoms with Gasteiger partial charge in [-0.2, -0.15) is 0 Å². The predicted molar refractivity (Wildman–Crippen MR) is 92.4 cm³/mol. The third kappa shape index (κ3) is 3.69. The summed E-state index contributed by atoms with van der Waals surface area (Å²) in [6.45, 7) is 3.96. The van der Waals surface area contributed by atoms with Crippen LogP contribution in [-0.4, -0.2) is 28.9 Å². The van der Waals surface area contributed by atoms with Gasteiger partial charge in [0.05, 0.1) is 0 Å². The number of benzene rings is 1. The van der Waals surface area contributed by atoms with Crippen molar-refractivity contribution in [1.82, 2.24) is 4.90 Å². The number of carbonyl (C=O) groups excluding carboxylic acids is 2. The van der Waals surface area contributed by atoms with Crippen LogP contribution in [0.2, 0.25) is 0 Å². The number of ether oxygens (including phenoxy) is 1. The molecule has 2 atom stereocenters. The van der Waals surface area contributed by atoms with Crippen molar-refractivity contribution < 1.29 is 14.3 Å². The Kier molecular flexibility index (Phi) is 5.34. The highest BCUT2D eigenvalue weighted by atomic mass is 16.6. The Hall–Kier alpha value is -2.10. The number of piperidine rings is 2. The maximum Gasteiger partial charge on any atom is 0.410 e. The Morgan fingerprint density at radius 1 is 1.17 bits per heavy atom. The summed E-state index contributed by atoms with van der Waals surface area (Å²) in [7, 11) is 0. The van der Waals surface area contributed by atoms with E-state index in [1.54, 1.807) is 6.08 Å². The van der Waals surface area contributed by atoms with Crippen molar-refractivity contribution in [2.75, 3.05) is 0 Å². The summed E-state index contributed by atoms with van der Waals surface area (Å²) in [5.41, 5.74) is 0.993. The topological polar surface area (TPSA) is 46.6 Å². The smallest absolute Gasteiger partial charge is 0.410 e. The molecule has 2 heterocycles. The molecule has 2 saturated heterocycles. The van der Waals surface area contributed by atoms with Gasteiger partial charge in [-0.15, -0.1) is 6.58 Å². The van der Waals surface area contributed by atoms with Gasteiger partial charge in [-0.05, 0) is 37.7 Å². The number of hydrogen-bond acceptors (Lipinski definition) is 3. The Bertz CT molecular complexity index is 584. The maximum absolute atomic E-state index is 12.6. The molecule has 3 rings (SSSR count). The molecule has 2 unspecified atom stereocenters. The van der Waals surface area contributed by atoms with Crippen molar-refractivity contribution in [3.8, 4) is 0 Å². The molecule has 1 aromatic rings. The molecular formula is C20H25NO3. The molecule has 0 N–H and O–H groups in total. The van der Waals surface area contributed by atoms with Gasteiger partial charge in [0.15, 0.2) is 0 Å². The zero-order valence-electron chi connectivity index (χ0n) is 14.0. The first-order chi connectivity index (χ1) is 11.7. The molecular weight excluding hydrogens is 302 g/mol. The van der Waals surface area contributed by atoms with E-state index in [1.807, 2.05) is 35.2 Å². The first-order valence-corrected chi connectivity index (χ1v) is 8.81. The van der Waals surface area contributed by atoms with E-state index in [0.717, 1.165) is 37.7 Å². The van der Waals surface area contributed by atoms with Crippen molar-refractivity contribution in [1.29, 1.82) is 0 Å². The molecule has 0 saturated carbocycles. The third-order valence-electron chi connectivity index (χ3n) is 5.19. The molecule has 0 spiro atoms. The van der Waals surface area contributed by atoms with Crippen molar-refractivity contribution in [2.24, 2.45) is 5.92 Å². The van der Waals surface area contributed by atoms with E-state index < -0.39 is 0 Å². The Labute approximate surface area is 143 Å². The summed E-state index contributed by atoms with van der Waals surface area (Å²) < 4.78 is 5.53. The van der Waals surface area contributed by atoms with Crippen molar-refractivity contribution in [3.05, 3.63) is 48.6 Å². The molecule has 4 heteroatoms. The fourth-order valence-electron chi connectivity index (χ4n) is 4.05. The molecule has 2 aliphatic rings. The summed E-state index contributed by atoms with van der Waals surface area (Å²) in [6.07, 6.45) is 6.47. The van der Waals surface area contributed by atoms with Crippen LogP contribution in [0.3, 0.4) is 0 Å². The largest absolute Gasteiger partial charge is 0.445 e. The van der Waals surface area contributed by atoms with Crippen LogP contribution < -0.4 is 0 Å². The Morgan fingerprint density at radius 2 is 1.83 bits per heavy atom. The lowest BCUT2D eigenvalue weighted by atomic mass is 9.76. The minimum Gasteiger partial charge on any atom is -0.445 e. The van der Waals surface area contributed by atoms with E-state index in [2.05, 4.69) is 6.58 Å². The van der Waals surface area contributed by atoms with E-state index in [0.29, 0.717) is 13.0 Å². The highest BCUT2D eigenvalue weighted by Crippen LogP contribution is 2.38. The van der Waals surface area contributed by atoms with Gasteiger partial charge in [0.25, 0.3) is 0 Å².